The van der Waals surface area contributed by atoms with Gasteiger partial charge in [-0.1, -0.05) is 12.1 Å². The summed E-state index contributed by atoms with van der Waals surface area (Å²) in [6.07, 6.45) is 0. The Morgan fingerprint density at radius 2 is 1.87 bits per heavy atom. The van der Waals surface area contributed by atoms with Crippen LogP contribution in [-0.2, 0) is 19.7 Å². The van der Waals surface area contributed by atoms with Crippen LogP contribution >= 0.6 is 0 Å². The van der Waals surface area contributed by atoms with E-state index in [1.54, 1.807) is 6.07 Å². The Hall–Kier alpha value is -1.82. The highest BCUT2D eigenvalue weighted by molar-refractivity contribution is 5.45. The number of aliphatic hydroxyl groups excluding tert-OH is 1. The van der Waals surface area contributed by atoms with Crippen molar-refractivity contribution in [3.05, 3.63) is 53.5 Å². The fraction of sp³-hybridized carbons (Fsp3) is 0.444. The van der Waals surface area contributed by atoms with E-state index in [1.807, 2.05) is 6.07 Å². The van der Waals surface area contributed by atoms with Gasteiger partial charge in [-0.05, 0) is 36.9 Å². The van der Waals surface area contributed by atoms with Crippen LogP contribution < -0.4 is 5.32 Å². The predicted octanol–water partition coefficient (Wildman–Crippen LogP) is 2.13. The molecular weight excluding hydrogens is 290 g/mol. The molecule has 2 aromatic rings. The van der Waals surface area contributed by atoms with Gasteiger partial charge in [0.05, 0.1) is 6.54 Å². The highest BCUT2D eigenvalue weighted by Crippen LogP contribution is 2.16. The van der Waals surface area contributed by atoms with Crippen LogP contribution in [0.2, 0.25) is 0 Å². The minimum absolute atomic E-state index is 0.0551. The van der Waals surface area contributed by atoms with Crippen molar-refractivity contribution < 1.29 is 9.52 Å². The molecule has 0 aliphatic carbocycles. The highest BCUT2D eigenvalue weighted by Gasteiger charge is 2.13. The van der Waals surface area contributed by atoms with Crippen LogP contribution in [-0.4, -0.2) is 48.1 Å². The first kappa shape index (κ1) is 16.1. The number of nitrogens with one attached hydrogen (secondary N) is 1. The topological polar surface area (TPSA) is 51.9 Å². The van der Waals surface area contributed by atoms with Crippen LogP contribution in [0.15, 0.2) is 40.8 Å². The molecule has 1 aliphatic rings. The molecule has 0 spiro atoms. The number of rotatable bonds is 6. The molecule has 0 bridgehead atoms. The summed E-state index contributed by atoms with van der Waals surface area (Å²) in [7, 11) is 2.18. The molecular formula is C18H25N3O2. The van der Waals surface area contributed by atoms with Crippen molar-refractivity contribution >= 4 is 5.69 Å². The second kappa shape index (κ2) is 7.64. The largest absolute Gasteiger partial charge is 0.462 e. The van der Waals surface area contributed by atoms with Crippen molar-refractivity contribution in [3.8, 4) is 0 Å². The summed E-state index contributed by atoms with van der Waals surface area (Å²) < 4.78 is 5.49. The Kier molecular flexibility index (Phi) is 5.33. The lowest BCUT2D eigenvalue weighted by Gasteiger charge is -2.32. The summed E-state index contributed by atoms with van der Waals surface area (Å²) in [4.78, 5) is 4.87. The van der Waals surface area contributed by atoms with E-state index in [9.17, 15) is 0 Å². The van der Waals surface area contributed by atoms with E-state index in [0.717, 1.165) is 44.2 Å². The van der Waals surface area contributed by atoms with Gasteiger partial charge in [0.2, 0.25) is 0 Å². The normalized spacial score (nSPS) is 16.6. The number of furan rings is 1. The zero-order chi connectivity index (χ0) is 16.1. The quantitative estimate of drug-likeness (QED) is 0.855. The first-order valence-electron chi connectivity index (χ1n) is 8.15. The number of piperazine rings is 1. The van der Waals surface area contributed by atoms with E-state index >= 15 is 0 Å². The lowest BCUT2D eigenvalue weighted by Crippen LogP contribution is -2.43. The number of aliphatic hydroxyl groups is 1. The van der Waals surface area contributed by atoms with E-state index in [1.165, 1.54) is 5.56 Å². The van der Waals surface area contributed by atoms with Crippen LogP contribution in [0.3, 0.4) is 0 Å². The summed E-state index contributed by atoms with van der Waals surface area (Å²) in [5.74, 6) is 1.43. The number of anilines is 1. The van der Waals surface area contributed by atoms with Crippen LogP contribution in [0.1, 0.15) is 17.1 Å². The molecule has 0 atom stereocenters. The zero-order valence-corrected chi connectivity index (χ0v) is 13.7. The molecule has 0 amide bonds. The van der Waals surface area contributed by atoms with Crippen molar-refractivity contribution in [1.82, 2.24) is 9.80 Å². The van der Waals surface area contributed by atoms with Crippen LogP contribution in [0, 0.1) is 0 Å². The van der Waals surface area contributed by atoms with Gasteiger partial charge in [0.1, 0.15) is 18.1 Å². The van der Waals surface area contributed by atoms with Gasteiger partial charge in [-0.3, -0.25) is 4.90 Å². The van der Waals surface area contributed by atoms with E-state index in [0.29, 0.717) is 12.3 Å². The fourth-order valence-corrected chi connectivity index (χ4v) is 2.84. The minimum atomic E-state index is -0.0551. The molecule has 0 saturated carbocycles. The molecule has 124 valence electrons. The standard InChI is InChI=1S/C18H25N3O2/c1-20-7-9-21(10-8-20)13-15-3-2-4-16(11-15)19-12-17-5-6-18(14-22)23-17/h2-6,11,19,22H,7-10,12-14H2,1H3. The smallest absolute Gasteiger partial charge is 0.129 e. The molecule has 2 N–H and O–H groups in total. The van der Waals surface area contributed by atoms with Gasteiger partial charge in [0, 0.05) is 38.4 Å². The van der Waals surface area contributed by atoms with Crippen LogP contribution in [0.4, 0.5) is 5.69 Å². The molecule has 1 aromatic carbocycles. The Balaban J connectivity index is 1.54. The van der Waals surface area contributed by atoms with E-state index in [2.05, 4.69) is 46.4 Å². The summed E-state index contributed by atoms with van der Waals surface area (Å²) in [5.41, 5.74) is 2.42. The van der Waals surface area contributed by atoms with Gasteiger partial charge in [0.25, 0.3) is 0 Å². The molecule has 1 aliphatic heterocycles. The van der Waals surface area contributed by atoms with Gasteiger partial charge in [-0.25, -0.2) is 0 Å². The monoisotopic (exact) mass is 315 g/mol. The molecule has 23 heavy (non-hydrogen) atoms. The average molecular weight is 315 g/mol. The average Bonchev–Trinajstić information content (AvgIpc) is 3.04. The Bertz CT molecular complexity index is 618. The second-order valence-corrected chi connectivity index (χ2v) is 6.16. The van der Waals surface area contributed by atoms with Crippen molar-refractivity contribution in [1.29, 1.82) is 0 Å². The summed E-state index contributed by atoms with van der Waals surface area (Å²) >= 11 is 0. The third-order valence-corrected chi connectivity index (χ3v) is 4.27. The maximum absolute atomic E-state index is 9.02. The number of likely N-dealkylation sites (N-methyl/N-ethyl adjacent to an activating group) is 1. The predicted molar refractivity (Wildman–Crippen MR) is 91.2 cm³/mol. The summed E-state index contributed by atoms with van der Waals surface area (Å²) in [6.45, 7) is 6.11. The van der Waals surface area contributed by atoms with Gasteiger partial charge in [-0.15, -0.1) is 0 Å². The lowest BCUT2D eigenvalue weighted by molar-refractivity contribution is 0.148. The van der Waals surface area contributed by atoms with Crippen molar-refractivity contribution in [2.75, 3.05) is 38.5 Å². The fourth-order valence-electron chi connectivity index (χ4n) is 2.84. The number of nitrogens with zero attached hydrogens (tertiary/aromatic N) is 2. The summed E-state index contributed by atoms with van der Waals surface area (Å²) in [5, 5.41) is 12.4. The zero-order valence-electron chi connectivity index (χ0n) is 13.7. The molecule has 1 fully saturated rings. The van der Waals surface area contributed by atoms with Gasteiger partial charge in [-0.2, -0.15) is 0 Å². The van der Waals surface area contributed by atoms with Gasteiger partial charge in [0.15, 0.2) is 0 Å². The number of hydrogen-bond acceptors (Lipinski definition) is 5. The van der Waals surface area contributed by atoms with Crippen molar-refractivity contribution in [2.24, 2.45) is 0 Å². The van der Waals surface area contributed by atoms with E-state index in [-0.39, 0.29) is 6.61 Å². The maximum Gasteiger partial charge on any atom is 0.129 e. The molecule has 5 nitrogen and oxygen atoms in total. The first-order chi connectivity index (χ1) is 11.2. The number of hydrogen-bond donors (Lipinski definition) is 2. The molecule has 1 saturated heterocycles. The van der Waals surface area contributed by atoms with E-state index in [4.69, 9.17) is 9.52 Å². The molecule has 3 rings (SSSR count). The minimum Gasteiger partial charge on any atom is -0.462 e. The van der Waals surface area contributed by atoms with Crippen molar-refractivity contribution in [3.63, 3.8) is 0 Å². The lowest BCUT2D eigenvalue weighted by atomic mass is 10.1. The van der Waals surface area contributed by atoms with Crippen LogP contribution in [0.5, 0.6) is 0 Å². The van der Waals surface area contributed by atoms with Gasteiger partial charge < -0.3 is 19.7 Å². The van der Waals surface area contributed by atoms with E-state index < -0.39 is 0 Å². The van der Waals surface area contributed by atoms with Gasteiger partial charge >= 0.3 is 0 Å². The molecule has 2 heterocycles. The second-order valence-electron chi connectivity index (χ2n) is 6.16. The third-order valence-electron chi connectivity index (χ3n) is 4.27. The number of benzene rings is 1. The third kappa shape index (κ3) is 4.58. The molecule has 0 unspecified atom stereocenters. The highest BCUT2D eigenvalue weighted by atomic mass is 16.4. The SMILES string of the molecule is CN1CCN(Cc2cccc(NCc3ccc(CO)o3)c2)CC1. The Labute approximate surface area is 137 Å². The maximum atomic E-state index is 9.02. The molecule has 5 heteroatoms. The van der Waals surface area contributed by atoms with Crippen LogP contribution in [0.25, 0.3) is 0 Å². The Morgan fingerprint density at radius 3 is 2.61 bits per heavy atom. The van der Waals surface area contributed by atoms with Crippen molar-refractivity contribution in [2.45, 2.75) is 19.7 Å². The molecule has 0 radical (unpaired) electrons. The first-order valence-corrected chi connectivity index (χ1v) is 8.15. The summed E-state index contributed by atoms with van der Waals surface area (Å²) in [6, 6.07) is 12.3. The molecule has 1 aromatic heterocycles. The Morgan fingerprint density at radius 1 is 1.09 bits per heavy atom.